The molecule has 0 unspecified atom stereocenters. The number of aromatic nitrogens is 1. The average Bonchev–Trinajstić information content (AvgIpc) is 3.10. The number of urea groups is 1. The number of hydrogen-bond donors (Lipinski definition) is 5. The zero-order valence-electron chi connectivity index (χ0n) is 25.8. The number of amides is 2. The second-order valence-electron chi connectivity index (χ2n) is 11.2. The quantitative estimate of drug-likeness (QED) is 0.0918. The molecule has 1 atom stereocenters. The number of rotatable bonds is 12. The Morgan fingerprint density at radius 1 is 0.723 bits per heavy atom. The summed E-state index contributed by atoms with van der Waals surface area (Å²) in [7, 11) is 0. The van der Waals surface area contributed by atoms with E-state index >= 15 is 0 Å². The van der Waals surface area contributed by atoms with Gasteiger partial charge in [-0.25, -0.2) is 4.79 Å². The lowest BCUT2D eigenvalue weighted by molar-refractivity contribution is 0.176. The normalized spacial score (nSPS) is 11.6. The molecule has 8 heteroatoms. The molecule has 0 radical (unpaired) electrons. The molecule has 0 spiro atoms. The van der Waals surface area contributed by atoms with Gasteiger partial charge in [0, 0.05) is 29.4 Å². The highest BCUT2D eigenvalue weighted by atomic mass is 16.5. The van der Waals surface area contributed by atoms with E-state index in [1.165, 1.54) is 6.07 Å². The van der Waals surface area contributed by atoms with Crippen LogP contribution in [-0.4, -0.2) is 29.2 Å². The number of hydrogen-bond acceptors (Lipinski definition) is 5. The Hall–Kier alpha value is -5.70. The Kier molecular flexibility index (Phi) is 10.0. The lowest BCUT2D eigenvalue weighted by atomic mass is 10.0. The van der Waals surface area contributed by atoms with Gasteiger partial charge in [-0.2, -0.15) is 0 Å². The smallest absolute Gasteiger partial charge is 0.323 e. The van der Waals surface area contributed by atoms with Gasteiger partial charge < -0.3 is 30.8 Å². The zero-order chi connectivity index (χ0) is 32.4. The lowest BCUT2D eigenvalue weighted by Gasteiger charge is -2.17. The SMILES string of the molecule is O=C(Nc1ccc(-c2ccccc2)cc1)Nc1cccc(CCNC[C@H](O)c2ccc(OCc3ccccc3)c3[nH]c(=O)ccc23)c1. The number of ether oxygens (including phenoxy) is 1. The van der Waals surface area contributed by atoms with E-state index in [1.807, 2.05) is 115 Å². The summed E-state index contributed by atoms with van der Waals surface area (Å²) >= 11 is 0. The van der Waals surface area contributed by atoms with Gasteiger partial charge in [0.05, 0.1) is 11.6 Å². The minimum atomic E-state index is -0.801. The van der Waals surface area contributed by atoms with Crippen molar-refractivity contribution in [2.24, 2.45) is 0 Å². The standard InChI is InChI=1S/C39H36N4O4/c44-35(33-18-20-36(38-34(33)19-21-37(45)43-38)47-26-28-8-3-1-4-9-28)25-40-23-22-27-10-7-13-32(24-27)42-39(46)41-31-16-14-30(15-17-31)29-11-5-2-6-12-29/h1-21,24,35,40,44H,22-23,25-26H2,(H,43,45)(H2,41,42,46)/t35-/m0/s1. The van der Waals surface area contributed by atoms with Gasteiger partial charge in [0.15, 0.2) is 0 Å². The fourth-order valence-electron chi connectivity index (χ4n) is 5.45. The molecule has 47 heavy (non-hydrogen) atoms. The van der Waals surface area contributed by atoms with Crippen molar-refractivity contribution in [2.75, 3.05) is 23.7 Å². The highest BCUT2D eigenvalue weighted by Gasteiger charge is 2.15. The maximum absolute atomic E-state index is 12.7. The lowest BCUT2D eigenvalue weighted by Crippen LogP contribution is -2.24. The Morgan fingerprint density at radius 2 is 1.43 bits per heavy atom. The van der Waals surface area contributed by atoms with E-state index in [-0.39, 0.29) is 11.6 Å². The Morgan fingerprint density at radius 3 is 2.21 bits per heavy atom. The van der Waals surface area contributed by atoms with Gasteiger partial charge >= 0.3 is 6.03 Å². The molecule has 2 amide bonds. The molecular weight excluding hydrogens is 588 g/mol. The second kappa shape index (κ2) is 15.1. The van der Waals surface area contributed by atoms with Crippen LogP contribution in [0.3, 0.4) is 0 Å². The number of nitrogens with one attached hydrogen (secondary N) is 4. The van der Waals surface area contributed by atoms with E-state index in [1.54, 1.807) is 12.1 Å². The van der Waals surface area contributed by atoms with Crippen LogP contribution in [0.15, 0.2) is 138 Å². The van der Waals surface area contributed by atoms with Gasteiger partial charge in [-0.3, -0.25) is 4.79 Å². The third-order valence-corrected chi connectivity index (χ3v) is 7.85. The molecule has 0 bridgehead atoms. The largest absolute Gasteiger partial charge is 0.487 e. The third kappa shape index (κ3) is 8.32. The summed E-state index contributed by atoms with van der Waals surface area (Å²) in [4.78, 5) is 27.7. The summed E-state index contributed by atoms with van der Waals surface area (Å²) in [5.41, 5.74) is 6.67. The van der Waals surface area contributed by atoms with Crippen molar-refractivity contribution in [3.63, 3.8) is 0 Å². The molecule has 5 aromatic carbocycles. The number of carbonyl (C=O) groups excluding carboxylic acids is 1. The minimum Gasteiger partial charge on any atom is -0.487 e. The van der Waals surface area contributed by atoms with Gasteiger partial charge in [-0.15, -0.1) is 0 Å². The van der Waals surface area contributed by atoms with Crippen molar-refractivity contribution in [3.8, 4) is 16.9 Å². The van der Waals surface area contributed by atoms with Crippen LogP contribution in [0.25, 0.3) is 22.0 Å². The topological polar surface area (TPSA) is 115 Å². The van der Waals surface area contributed by atoms with E-state index < -0.39 is 6.10 Å². The summed E-state index contributed by atoms with van der Waals surface area (Å²) in [6.45, 7) is 1.30. The molecule has 0 aliphatic carbocycles. The number of aliphatic hydroxyl groups is 1. The van der Waals surface area contributed by atoms with Crippen LogP contribution >= 0.6 is 0 Å². The van der Waals surface area contributed by atoms with E-state index in [2.05, 4.69) is 20.9 Å². The molecule has 236 valence electrons. The average molecular weight is 625 g/mol. The molecule has 8 nitrogen and oxygen atoms in total. The number of H-pyrrole nitrogens is 1. The number of aliphatic hydroxyl groups excluding tert-OH is 1. The van der Waals surface area contributed by atoms with E-state index in [9.17, 15) is 14.7 Å². The van der Waals surface area contributed by atoms with E-state index in [0.29, 0.717) is 54.3 Å². The first-order valence-electron chi connectivity index (χ1n) is 15.6. The molecule has 6 aromatic rings. The second-order valence-corrected chi connectivity index (χ2v) is 11.2. The van der Waals surface area contributed by atoms with Crippen LogP contribution in [0.2, 0.25) is 0 Å². The van der Waals surface area contributed by atoms with Crippen LogP contribution in [0, 0.1) is 0 Å². The van der Waals surface area contributed by atoms with Crippen molar-refractivity contribution >= 4 is 28.3 Å². The molecule has 1 heterocycles. The molecule has 1 aromatic heterocycles. The summed E-state index contributed by atoms with van der Waals surface area (Å²) in [5, 5.41) is 20.9. The number of pyridine rings is 1. The molecular formula is C39H36N4O4. The Bertz CT molecular complexity index is 1990. The van der Waals surface area contributed by atoms with Crippen LogP contribution in [0.4, 0.5) is 16.2 Å². The summed E-state index contributed by atoms with van der Waals surface area (Å²) in [5.74, 6) is 0.550. The fourth-order valence-corrected chi connectivity index (χ4v) is 5.45. The van der Waals surface area contributed by atoms with Crippen molar-refractivity contribution in [2.45, 2.75) is 19.1 Å². The first kappa shape index (κ1) is 31.3. The van der Waals surface area contributed by atoms with Gasteiger partial charge in [-0.1, -0.05) is 91.0 Å². The van der Waals surface area contributed by atoms with Crippen molar-refractivity contribution in [1.29, 1.82) is 0 Å². The number of aromatic amines is 1. The molecule has 0 aliphatic rings. The Balaban J connectivity index is 1.00. The fraction of sp³-hybridized carbons (Fsp3) is 0.128. The molecule has 0 saturated heterocycles. The van der Waals surface area contributed by atoms with Crippen LogP contribution in [0.5, 0.6) is 5.75 Å². The van der Waals surface area contributed by atoms with Gasteiger partial charge in [0.2, 0.25) is 5.56 Å². The summed E-state index contributed by atoms with van der Waals surface area (Å²) in [6.07, 6.45) is -0.101. The van der Waals surface area contributed by atoms with E-state index in [0.717, 1.165) is 27.6 Å². The first-order chi connectivity index (χ1) is 23.0. The maximum atomic E-state index is 12.7. The summed E-state index contributed by atoms with van der Waals surface area (Å²) < 4.78 is 6.03. The van der Waals surface area contributed by atoms with Crippen molar-refractivity contribution in [1.82, 2.24) is 10.3 Å². The van der Waals surface area contributed by atoms with Gasteiger partial charge in [0.1, 0.15) is 12.4 Å². The summed E-state index contributed by atoms with van der Waals surface area (Å²) in [6, 6.07) is 41.8. The number of fused-ring (bicyclic) bond motifs is 1. The predicted octanol–water partition coefficient (Wildman–Crippen LogP) is 7.28. The van der Waals surface area contributed by atoms with E-state index in [4.69, 9.17) is 4.74 Å². The van der Waals surface area contributed by atoms with Crippen molar-refractivity contribution < 1.29 is 14.6 Å². The first-order valence-corrected chi connectivity index (χ1v) is 15.6. The number of carbonyl (C=O) groups is 1. The highest BCUT2D eigenvalue weighted by Crippen LogP contribution is 2.30. The molecule has 0 aliphatic heterocycles. The monoisotopic (exact) mass is 624 g/mol. The molecule has 0 fully saturated rings. The van der Waals surface area contributed by atoms with Crippen LogP contribution in [-0.2, 0) is 13.0 Å². The Labute approximate surface area is 273 Å². The maximum Gasteiger partial charge on any atom is 0.323 e. The molecule has 0 saturated carbocycles. The molecule has 5 N–H and O–H groups in total. The predicted molar refractivity (Wildman–Crippen MR) is 188 cm³/mol. The highest BCUT2D eigenvalue weighted by molar-refractivity contribution is 6.00. The van der Waals surface area contributed by atoms with Crippen LogP contribution < -0.4 is 26.2 Å². The van der Waals surface area contributed by atoms with Crippen molar-refractivity contribution in [3.05, 3.63) is 161 Å². The third-order valence-electron chi connectivity index (χ3n) is 7.85. The zero-order valence-corrected chi connectivity index (χ0v) is 25.8. The minimum absolute atomic E-state index is 0.237. The van der Waals surface area contributed by atoms with Gasteiger partial charge in [0.25, 0.3) is 0 Å². The number of anilines is 2. The molecule has 6 rings (SSSR count). The van der Waals surface area contributed by atoms with Gasteiger partial charge in [-0.05, 0) is 77.2 Å². The van der Waals surface area contributed by atoms with Crippen LogP contribution in [0.1, 0.15) is 22.8 Å². The number of benzene rings is 5.